The van der Waals surface area contributed by atoms with E-state index in [0.29, 0.717) is 6.10 Å². The Morgan fingerprint density at radius 1 is 1.38 bits per heavy atom. The van der Waals surface area contributed by atoms with Crippen LogP contribution in [-0.4, -0.2) is 29.5 Å². The summed E-state index contributed by atoms with van der Waals surface area (Å²) in [6.07, 6.45) is 5.19. The summed E-state index contributed by atoms with van der Waals surface area (Å²) in [6, 6.07) is 3.93. The fourth-order valence-electron chi connectivity index (χ4n) is 1.89. The van der Waals surface area contributed by atoms with E-state index in [4.69, 9.17) is 4.74 Å². The zero-order valence-electron chi connectivity index (χ0n) is 9.78. The average Bonchev–Trinajstić information content (AvgIpc) is 2.33. The van der Waals surface area contributed by atoms with Gasteiger partial charge in [0.05, 0.1) is 11.8 Å². The van der Waals surface area contributed by atoms with Crippen LogP contribution in [-0.2, 0) is 4.74 Å². The van der Waals surface area contributed by atoms with Crippen LogP contribution in [0, 0.1) is 6.92 Å². The molecule has 0 radical (unpaired) electrons. The first-order chi connectivity index (χ1) is 7.84. The van der Waals surface area contributed by atoms with Crippen LogP contribution in [0.4, 0.5) is 5.82 Å². The van der Waals surface area contributed by atoms with Gasteiger partial charge in [-0.2, -0.15) is 5.10 Å². The summed E-state index contributed by atoms with van der Waals surface area (Å²) in [5.41, 5.74) is 0.946. The molecule has 0 bridgehead atoms. The van der Waals surface area contributed by atoms with Crippen molar-refractivity contribution in [2.24, 2.45) is 0 Å². The number of rotatable bonds is 4. The fraction of sp³-hybridized carbons (Fsp3) is 0.667. The van der Waals surface area contributed by atoms with Gasteiger partial charge in [-0.15, -0.1) is 5.10 Å². The van der Waals surface area contributed by atoms with Gasteiger partial charge in [0, 0.05) is 13.2 Å². The smallest absolute Gasteiger partial charge is 0.148 e. The molecule has 1 aromatic rings. The van der Waals surface area contributed by atoms with Crippen molar-refractivity contribution in [2.75, 3.05) is 18.5 Å². The zero-order chi connectivity index (χ0) is 11.2. The number of aromatic nitrogens is 2. The van der Waals surface area contributed by atoms with Crippen molar-refractivity contribution in [2.45, 2.75) is 38.7 Å². The second kappa shape index (κ2) is 5.80. The predicted molar refractivity (Wildman–Crippen MR) is 63.5 cm³/mol. The van der Waals surface area contributed by atoms with E-state index in [0.717, 1.165) is 31.1 Å². The Morgan fingerprint density at radius 3 is 3.00 bits per heavy atom. The van der Waals surface area contributed by atoms with E-state index in [9.17, 15) is 0 Å². The lowest BCUT2D eigenvalue weighted by Gasteiger charge is -2.22. The second-order valence-corrected chi connectivity index (χ2v) is 4.26. The van der Waals surface area contributed by atoms with Crippen LogP contribution in [0.2, 0.25) is 0 Å². The van der Waals surface area contributed by atoms with E-state index < -0.39 is 0 Å². The molecule has 1 atom stereocenters. The largest absolute Gasteiger partial charge is 0.378 e. The van der Waals surface area contributed by atoms with E-state index in [2.05, 4.69) is 15.5 Å². The number of hydrogen-bond acceptors (Lipinski definition) is 4. The maximum Gasteiger partial charge on any atom is 0.148 e. The molecule has 1 aromatic heterocycles. The number of anilines is 1. The Kier molecular flexibility index (Phi) is 4.10. The normalized spacial score (nSPS) is 20.7. The molecule has 16 heavy (non-hydrogen) atoms. The van der Waals surface area contributed by atoms with Gasteiger partial charge in [0.15, 0.2) is 0 Å². The van der Waals surface area contributed by atoms with Gasteiger partial charge >= 0.3 is 0 Å². The van der Waals surface area contributed by atoms with Crippen LogP contribution in [0.1, 0.15) is 31.4 Å². The Labute approximate surface area is 96.4 Å². The highest BCUT2D eigenvalue weighted by molar-refractivity contribution is 5.32. The van der Waals surface area contributed by atoms with Crippen molar-refractivity contribution in [1.29, 1.82) is 0 Å². The van der Waals surface area contributed by atoms with Crippen LogP contribution in [0.3, 0.4) is 0 Å². The third-order valence-electron chi connectivity index (χ3n) is 2.84. The molecule has 4 heteroatoms. The van der Waals surface area contributed by atoms with Gasteiger partial charge in [0.1, 0.15) is 5.82 Å². The minimum absolute atomic E-state index is 0.430. The summed E-state index contributed by atoms with van der Waals surface area (Å²) in [7, 11) is 0. The van der Waals surface area contributed by atoms with Gasteiger partial charge < -0.3 is 10.1 Å². The van der Waals surface area contributed by atoms with E-state index >= 15 is 0 Å². The van der Waals surface area contributed by atoms with Crippen molar-refractivity contribution >= 4 is 5.82 Å². The molecule has 1 N–H and O–H groups in total. The van der Waals surface area contributed by atoms with Gasteiger partial charge in [-0.25, -0.2) is 0 Å². The first kappa shape index (κ1) is 11.3. The molecule has 0 aliphatic carbocycles. The molecule has 0 spiro atoms. The van der Waals surface area contributed by atoms with Crippen molar-refractivity contribution in [3.05, 3.63) is 17.8 Å². The average molecular weight is 221 g/mol. The minimum atomic E-state index is 0.430. The first-order valence-electron chi connectivity index (χ1n) is 6.00. The molecule has 1 unspecified atom stereocenters. The molecule has 4 nitrogen and oxygen atoms in total. The molecule has 88 valence electrons. The highest BCUT2D eigenvalue weighted by Crippen LogP contribution is 2.15. The quantitative estimate of drug-likeness (QED) is 0.846. The van der Waals surface area contributed by atoms with Crippen LogP contribution >= 0.6 is 0 Å². The molecule has 1 aliphatic heterocycles. The molecular weight excluding hydrogens is 202 g/mol. The molecule has 1 fully saturated rings. The standard InChI is InChI=1S/C12H19N3O/c1-10-5-6-12(15-14-10)13-8-7-11-4-2-3-9-16-11/h5-6,11H,2-4,7-9H2,1H3,(H,13,15). The second-order valence-electron chi connectivity index (χ2n) is 4.26. The molecule has 1 saturated heterocycles. The third-order valence-corrected chi connectivity index (χ3v) is 2.84. The Balaban J connectivity index is 1.69. The molecular formula is C12H19N3O. The minimum Gasteiger partial charge on any atom is -0.378 e. The van der Waals surface area contributed by atoms with E-state index in [1.807, 2.05) is 19.1 Å². The Morgan fingerprint density at radius 2 is 2.31 bits per heavy atom. The van der Waals surface area contributed by atoms with E-state index in [1.54, 1.807) is 0 Å². The lowest BCUT2D eigenvalue weighted by atomic mass is 10.1. The van der Waals surface area contributed by atoms with Crippen molar-refractivity contribution in [1.82, 2.24) is 10.2 Å². The molecule has 0 amide bonds. The predicted octanol–water partition coefficient (Wildman–Crippen LogP) is 2.16. The third kappa shape index (κ3) is 3.45. The van der Waals surface area contributed by atoms with Crippen LogP contribution in [0.5, 0.6) is 0 Å². The molecule has 2 rings (SSSR count). The maximum atomic E-state index is 5.66. The van der Waals surface area contributed by atoms with E-state index in [-0.39, 0.29) is 0 Å². The zero-order valence-corrected chi connectivity index (χ0v) is 9.78. The van der Waals surface area contributed by atoms with Crippen molar-refractivity contribution < 1.29 is 4.74 Å². The van der Waals surface area contributed by atoms with Gasteiger partial charge in [-0.3, -0.25) is 0 Å². The first-order valence-corrected chi connectivity index (χ1v) is 6.00. The summed E-state index contributed by atoms with van der Waals surface area (Å²) in [6.45, 7) is 3.77. The summed E-state index contributed by atoms with van der Waals surface area (Å²) in [5.74, 6) is 0.849. The Bertz CT molecular complexity index is 307. The molecule has 1 aliphatic rings. The molecule has 0 saturated carbocycles. The van der Waals surface area contributed by atoms with Gasteiger partial charge in [-0.1, -0.05) is 0 Å². The van der Waals surface area contributed by atoms with Gasteiger partial charge in [-0.05, 0) is 44.7 Å². The highest BCUT2D eigenvalue weighted by atomic mass is 16.5. The fourth-order valence-corrected chi connectivity index (χ4v) is 1.89. The number of nitrogens with one attached hydrogen (secondary N) is 1. The van der Waals surface area contributed by atoms with Gasteiger partial charge in [0.2, 0.25) is 0 Å². The highest BCUT2D eigenvalue weighted by Gasteiger charge is 2.12. The van der Waals surface area contributed by atoms with E-state index in [1.165, 1.54) is 19.3 Å². The van der Waals surface area contributed by atoms with Crippen molar-refractivity contribution in [3.8, 4) is 0 Å². The molecule has 2 heterocycles. The Hall–Kier alpha value is -1.16. The van der Waals surface area contributed by atoms with Crippen LogP contribution in [0.25, 0.3) is 0 Å². The lowest BCUT2D eigenvalue weighted by Crippen LogP contribution is -2.22. The summed E-state index contributed by atoms with van der Waals surface area (Å²) in [4.78, 5) is 0. The van der Waals surface area contributed by atoms with Crippen molar-refractivity contribution in [3.63, 3.8) is 0 Å². The summed E-state index contributed by atoms with van der Waals surface area (Å²) in [5, 5.41) is 11.3. The molecule has 0 aromatic carbocycles. The summed E-state index contributed by atoms with van der Waals surface area (Å²) < 4.78 is 5.66. The summed E-state index contributed by atoms with van der Waals surface area (Å²) >= 11 is 0. The SMILES string of the molecule is Cc1ccc(NCCC2CCCCO2)nn1. The monoisotopic (exact) mass is 221 g/mol. The number of hydrogen-bond donors (Lipinski definition) is 1. The van der Waals surface area contributed by atoms with Crippen LogP contribution in [0.15, 0.2) is 12.1 Å². The lowest BCUT2D eigenvalue weighted by molar-refractivity contribution is 0.0134. The number of aryl methyl sites for hydroxylation is 1. The number of ether oxygens (including phenoxy) is 1. The van der Waals surface area contributed by atoms with Crippen LogP contribution < -0.4 is 5.32 Å². The maximum absolute atomic E-state index is 5.66. The number of nitrogens with zero attached hydrogens (tertiary/aromatic N) is 2. The van der Waals surface area contributed by atoms with Gasteiger partial charge in [0.25, 0.3) is 0 Å². The topological polar surface area (TPSA) is 47.0 Å².